The van der Waals surface area contributed by atoms with Crippen LogP contribution in [0.5, 0.6) is 0 Å². The van der Waals surface area contributed by atoms with E-state index in [1.807, 2.05) is 95.9 Å². The van der Waals surface area contributed by atoms with Crippen LogP contribution in [-0.2, 0) is 20.8 Å². The summed E-state index contributed by atoms with van der Waals surface area (Å²) in [5.74, 6) is -0.425. The lowest BCUT2D eigenvalue weighted by molar-refractivity contribution is -0.143. The zero-order valence-electron chi connectivity index (χ0n) is 25.2. The average Bonchev–Trinajstić information content (AvgIpc) is 3.43. The monoisotopic (exact) mass is 580 g/mol. The molecule has 0 radical (unpaired) electrons. The van der Waals surface area contributed by atoms with Crippen LogP contribution in [0.25, 0.3) is 0 Å². The molecule has 0 bridgehead atoms. The predicted octanol–water partition coefficient (Wildman–Crippen LogP) is 4.78. The topological polar surface area (TPSA) is 90.5 Å². The van der Waals surface area contributed by atoms with Gasteiger partial charge < -0.3 is 20.9 Å². The molecular formula is C36H44N4O3. The molecule has 0 aliphatic carbocycles. The maximum absolute atomic E-state index is 14.4. The number of carbonyl (C=O) groups excluding carboxylic acids is 3. The zero-order valence-corrected chi connectivity index (χ0v) is 25.2. The molecule has 0 spiro atoms. The Bertz CT molecular complexity index is 1310. The lowest BCUT2D eigenvalue weighted by Gasteiger charge is -2.33. The second-order valence-corrected chi connectivity index (χ2v) is 11.9. The molecule has 3 unspecified atom stereocenters. The summed E-state index contributed by atoms with van der Waals surface area (Å²) < 4.78 is 0. The highest BCUT2D eigenvalue weighted by Crippen LogP contribution is 2.36. The van der Waals surface area contributed by atoms with Crippen LogP contribution >= 0.6 is 0 Å². The first-order valence-corrected chi connectivity index (χ1v) is 15.7. The third kappa shape index (κ3) is 7.16. The van der Waals surface area contributed by atoms with Crippen LogP contribution in [0.1, 0.15) is 68.2 Å². The van der Waals surface area contributed by atoms with E-state index in [0.717, 1.165) is 48.8 Å². The van der Waals surface area contributed by atoms with Gasteiger partial charge in [-0.1, -0.05) is 104 Å². The second-order valence-electron chi connectivity index (χ2n) is 11.9. The number of amides is 3. The average molecular weight is 581 g/mol. The van der Waals surface area contributed by atoms with Crippen molar-refractivity contribution < 1.29 is 14.4 Å². The lowest BCUT2D eigenvalue weighted by atomic mass is 9.89. The van der Waals surface area contributed by atoms with Crippen LogP contribution in [0.15, 0.2) is 91.0 Å². The first-order valence-electron chi connectivity index (χ1n) is 15.7. The number of nitrogens with one attached hydrogen (secondary N) is 3. The van der Waals surface area contributed by atoms with E-state index >= 15 is 0 Å². The first kappa shape index (κ1) is 30.5. The molecule has 2 aliphatic rings. The van der Waals surface area contributed by atoms with E-state index in [1.165, 1.54) is 0 Å². The van der Waals surface area contributed by atoms with Gasteiger partial charge in [-0.3, -0.25) is 14.4 Å². The van der Waals surface area contributed by atoms with Crippen LogP contribution in [-0.4, -0.2) is 53.8 Å². The van der Waals surface area contributed by atoms with E-state index in [4.69, 9.17) is 0 Å². The molecule has 3 aromatic carbocycles. The molecule has 43 heavy (non-hydrogen) atoms. The first-order chi connectivity index (χ1) is 21.0. The Kier molecular flexibility index (Phi) is 10.3. The van der Waals surface area contributed by atoms with Gasteiger partial charge in [0.1, 0.15) is 12.1 Å². The molecule has 0 saturated carbocycles. The van der Waals surface area contributed by atoms with Crippen LogP contribution in [0.2, 0.25) is 0 Å². The third-order valence-corrected chi connectivity index (χ3v) is 9.13. The highest BCUT2D eigenvalue weighted by molar-refractivity contribution is 5.94. The van der Waals surface area contributed by atoms with E-state index in [0.29, 0.717) is 12.8 Å². The van der Waals surface area contributed by atoms with Crippen molar-refractivity contribution in [3.63, 3.8) is 0 Å². The Morgan fingerprint density at radius 3 is 2.00 bits per heavy atom. The molecule has 2 heterocycles. The van der Waals surface area contributed by atoms with Crippen molar-refractivity contribution in [1.82, 2.24) is 20.9 Å². The van der Waals surface area contributed by atoms with Gasteiger partial charge in [0.25, 0.3) is 0 Å². The quantitative estimate of drug-likeness (QED) is 0.305. The van der Waals surface area contributed by atoms with Gasteiger partial charge in [-0.05, 0) is 68.2 Å². The van der Waals surface area contributed by atoms with E-state index < -0.39 is 18.1 Å². The van der Waals surface area contributed by atoms with E-state index in [2.05, 4.69) is 22.9 Å². The van der Waals surface area contributed by atoms with Gasteiger partial charge in [0.2, 0.25) is 17.7 Å². The van der Waals surface area contributed by atoms with Gasteiger partial charge in [-0.15, -0.1) is 0 Å². The fraction of sp³-hybridized carbons (Fsp3) is 0.417. The van der Waals surface area contributed by atoms with Crippen LogP contribution in [0, 0.1) is 5.92 Å². The number of rotatable bonds is 11. The van der Waals surface area contributed by atoms with Crippen LogP contribution in [0.4, 0.5) is 0 Å². The lowest BCUT2D eigenvalue weighted by Crippen LogP contribution is -2.58. The Hall–Kier alpha value is -3.97. The normalized spacial score (nSPS) is 22.5. The zero-order chi connectivity index (χ0) is 30.2. The number of fused-ring (bicyclic) bond motifs is 1. The maximum atomic E-state index is 14.4. The van der Waals surface area contributed by atoms with Crippen LogP contribution < -0.4 is 16.0 Å². The predicted molar refractivity (Wildman–Crippen MR) is 169 cm³/mol. The van der Waals surface area contributed by atoms with E-state index in [-0.39, 0.29) is 35.7 Å². The molecule has 2 aliphatic heterocycles. The van der Waals surface area contributed by atoms with E-state index in [9.17, 15) is 14.4 Å². The van der Waals surface area contributed by atoms with Crippen molar-refractivity contribution in [1.29, 1.82) is 0 Å². The molecule has 5 atom stereocenters. The molecule has 7 heteroatoms. The molecule has 3 amide bonds. The van der Waals surface area contributed by atoms with Gasteiger partial charge in [-0.2, -0.15) is 0 Å². The Morgan fingerprint density at radius 1 is 0.837 bits per heavy atom. The summed E-state index contributed by atoms with van der Waals surface area (Å²) in [4.78, 5) is 43.8. The van der Waals surface area contributed by atoms with Gasteiger partial charge in [0, 0.05) is 6.04 Å². The van der Waals surface area contributed by atoms with Gasteiger partial charge in [0.15, 0.2) is 0 Å². The second kappa shape index (κ2) is 14.5. The fourth-order valence-corrected chi connectivity index (χ4v) is 6.87. The van der Waals surface area contributed by atoms with Gasteiger partial charge in [0.05, 0.1) is 12.1 Å². The minimum absolute atomic E-state index is 0.000763. The molecule has 3 N–H and O–H groups in total. The fourth-order valence-electron chi connectivity index (χ4n) is 6.87. The summed E-state index contributed by atoms with van der Waals surface area (Å²) in [6, 6.07) is 27.7. The highest BCUT2D eigenvalue weighted by Gasteiger charge is 2.47. The molecule has 5 rings (SSSR count). The summed E-state index contributed by atoms with van der Waals surface area (Å²) in [6.45, 7) is 2.12. The van der Waals surface area contributed by atoms with Crippen molar-refractivity contribution in [2.75, 3.05) is 7.05 Å². The van der Waals surface area contributed by atoms with Gasteiger partial charge in [-0.25, -0.2) is 0 Å². The molecular weight excluding hydrogens is 536 g/mol. The van der Waals surface area contributed by atoms with Crippen LogP contribution in [0.3, 0.4) is 0 Å². The minimum atomic E-state index is -0.656. The molecule has 0 aromatic heterocycles. The minimum Gasteiger partial charge on any atom is -0.343 e. The summed E-state index contributed by atoms with van der Waals surface area (Å²) in [6.07, 6.45) is 5.39. The highest BCUT2D eigenvalue weighted by atomic mass is 16.2. The summed E-state index contributed by atoms with van der Waals surface area (Å²) in [7, 11) is 1.78. The summed E-state index contributed by atoms with van der Waals surface area (Å²) in [5, 5.41) is 9.58. The van der Waals surface area contributed by atoms with Crippen molar-refractivity contribution in [3.05, 3.63) is 108 Å². The number of benzene rings is 3. The Balaban J connectivity index is 1.36. The summed E-state index contributed by atoms with van der Waals surface area (Å²) >= 11 is 0. The maximum Gasteiger partial charge on any atom is 0.246 e. The molecule has 2 saturated heterocycles. The number of nitrogens with zero attached hydrogens (tertiary/aromatic N) is 1. The summed E-state index contributed by atoms with van der Waals surface area (Å²) in [5.41, 5.74) is 3.03. The number of carbonyl (C=O) groups is 3. The standard InChI is InChI=1S/C36H44N4O3/c1-3-13-26-20-21-29-22-23-31(35(42)38-32(27-16-9-5-10-17-27)28-18-11-6-12-19-28)40(29)36(43)33(26)39-34(41)30(37-2)24-25-14-7-4-8-15-25/h4-12,14-19,26,29-33,37H,3,13,20-24H2,1-2H3,(H,38,42)(H,39,41)/t26?,29-,30?,31-,33?/m0/s1. The SMILES string of the molecule is CCCC1CC[C@H]2CC[C@@H](C(=O)NC(c3ccccc3)c3ccccc3)N2C(=O)C1NC(=O)C(Cc1ccccc1)NC. The smallest absolute Gasteiger partial charge is 0.246 e. The van der Waals surface area contributed by atoms with Crippen molar-refractivity contribution in [3.8, 4) is 0 Å². The number of hydrogen-bond donors (Lipinski definition) is 3. The van der Waals surface area contributed by atoms with Crippen molar-refractivity contribution in [2.24, 2.45) is 5.92 Å². The van der Waals surface area contributed by atoms with Crippen molar-refractivity contribution in [2.45, 2.75) is 82.1 Å². The third-order valence-electron chi connectivity index (χ3n) is 9.13. The Labute approximate surface area is 255 Å². The largest absolute Gasteiger partial charge is 0.343 e. The van der Waals surface area contributed by atoms with Crippen molar-refractivity contribution >= 4 is 17.7 Å². The molecule has 2 fully saturated rings. The Morgan fingerprint density at radius 2 is 1.42 bits per heavy atom. The molecule has 3 aromatic rings. The molecule has 226 valence electrons. The number of likely N-dealkylation sites (N-methyl/N-ethyl adjacent to an activating group) is 1. The molecule has 7 nitrogen and oxygen atoms in total. The van der Waals surface area contributed by atoms with Gasteiger partial charge >= 0.3 is 0 Å². The number of hydrogen-bond acceptors (Lipinski definition) is 4. The van der Waals surface area contributed by atoms with E-state index in [1.54, 1.807) is 7.05 Å².